The van der Waals surface area contributed by atoms with Crippen molar-refractivity contribution in [2.45, 2.75) is 24.2 Å². The Hall–Kier alpha value is -0.590. The Labute approximate surface area is 111 Å². The molecule has 0 bridgehead atoms. The van der Waals surface area contributed by atoms with Gasteiger partial charge < -0.3 is 9.47 Å². The Balaban J connectivity index is 1.91. The van der Waals surface area contributed by atoms with Gasteiger partial charge in [-0.3, -0.25) is 0 Å². The molecule has 1 aromatic carbocycles. The molecule has 1 heterocycles. The van der Waals surface area contributed by atoms with Crippen LogP contribution in [0.5, 0.6) is 0 Å². The van der Waals surface area contributed by atoms with Crippen LogP contribution in [0.3, 0.4) is 0 Å². The van der Waals surface area contributed by atoms with E-state index in [-0.39, 0.29) is 11.4 Å². The van der Waals surface area contributed by atoms with Crippen molar-refractivity contribution in [1.82, 2.24) is 0 Å². The second-order valence-electron chi connectivity index (χ2n) is 4.12. The highest BCUT2D eigenvalue weighted by Crippen LogP contribution is 2.29. The predicted molar refractivity (Wildman–Crippen MR) is 63.5 cm³/mol. The van der Waals surface area contributed by atoms with E-state index in [4.69, 9.17) is 4.74 Å². The molecule has 0 saturated carbocycles. The average molecular weight is 325 g/mol. The first-order valence-electron chi connectivity index (χ1n) is 5.44. The second-order valence-corrected chi connectivity index (χ2v) is 5.22. The lowest BCUT2D eigenvalue weighted by molar-refractivity contribution is -0.173. The Kier molecular flexibility index (Phi) is 4.29. The number of halogens is 4. The zero-order valence-electron chi connectivity index (χ0n) is 9.47. The summed E-state index contributed by atoms with van der Waals surface area (Å²) in [4.78, 5) is -0.245. The lowest BCUT2D eigenvalue weighted by Gasteiger charge is -2.13. The molecule has 0 aromatic heterocycles. The number of ether oxygens (including phenoxy) is 2. The van der Waals surface area contributed by atoms with Gasteiger partial charge in [-0.25, -0.2) is 0 Å². The Morgan fingerprint density at radius 3 is 2.72 bits per heavy atom. The maximum atomic E-state index is 11.9. The van der Waals surface area contributed by atoms with E-state index in [1.807, 2.05) is 18.2 Å². The number of hydrogen-bond donors (Lipinski definition) is 0. The van der Waals surface area contributed by atoms with E-state index < -0.39 is 12.8 Å². The van der Waals surface area contributed by atoms with Gasteiger partial charge in [0.1, 0.15) is 6.61 Å². The summed E-state index contributed by atoms with van der Waals surface area (Å²) in [5.74, 6) is 0. The molecule has 1 aromatic rings. The minimum absolute atomic E-state index is 0.0147. The van der Waals surface area contributed by atoms with Gasteiger partial charge in [-0.15, -0.1) is 0 Å². The molecule has 0 spiro atoms. The molecule has 1 aliphatic heterocycles. The molecule has 0 amide bonds. The molecule has 6 heteroatoms. The fourth-order valence-corrected chi connectivity index (χ4v) is 2.23. The van der Waals surface area contributed by atoms with Crippen LogP contribution in [-0.4, -0.2) is 19.4 Å². The zero-order valence-corrected chi connectivity index (χ0v) is 11.1. The Morgan fingerprint density at radius 2 is 2.00 bits per heavy atom. The van der Waals surface area contributed by atoms with Crippen molar-refractivity contribution in [3.8, 4) is 0 Å². The highest BCUT2D eigenvalue weighted by Gasteiger charge is 2.28. The van der Waals surface area contributed by atoms with E-state index >= 15 is 0 Å². The maximum absolute atomic E-state index is 11.9. The molecule has 0 N–H and O–H groups in total. The lowest BCUT2D eigenvalue weighted by Crippen LogP contribution is -2.18. The number of rotatable bonds is 4. The summed E-state index contributed by atoms with van der Waals surface area (Å²) >= 11 is 3.33. The minimum atomic E-state index is -4.28. The van der Waals surface area contributed by atoms with E-state index in [9.17, 15) is 13.2 Å². The van der Waals surface area contributed by atoms with Gasteiger partial charge in [-0.05, 0) is 16.7 Å². The molecular formula is C12H12BrF3O2. The van der Waals surface area contributed by atoms with Crippen molar-refractivity contribution in [2.75, 3.05) is 13.2 Å². The molecule has 1 unspecified atom stereocenters. The first-order chi connectivity index (χ1) is 8.46. The third-order valence-corrected chi connectivity index (χ3v) is 3.43. The first kappa shape index (κ1) is 13.8. The third kappa shape index (κ3) is 3.70. The van der Waals surface area contributed by atoms with Crippen LogP contribution in [0.15, 0.2) is 18.2 Å². The molecule has 18 heavy (non-hydrogen) atoms. The fraction of sp³-hybridized carbons (Fsp3) is 0.500. The van der Waals surface area contributed by atoms with Crippen LogP contribution in [0.25, 0.3) is 0 Å². The minimum Gasteiger partial charge on any atom is -0.372 e. The molecule has 2 rings (SSSR count). The number of alkyl halides is 4. The number of hydrogen-bond acceptors (Lipinski definition) is 2. The van der Waals surface area contributed by atoms with Crippen molar-refractivity contribution in [3.05, 3.63) is 34.9 Å². The molecule has 1 aliphatic rings. The van der Waals surface area contributed by atoms with Gasteiger partial charge in [0.15, 0.2) is 0 Å². The largest absolute Gasteiger partial charge is 0.411 e. The van der Waals surface area contributed by atoms with Gasteiger partial charge in [0.2, 0.25) is 0 Å². The van der Waals surface area contributed by atoms with Gasteiger partial charge >= 0.3 is 6.18 Å². The van der Waals surface area contributed by atoms with E-state index in [0.29, 0.717) is 13.2 Å². The van der Waals surface area contributed by atoms with E-state index in [0.717, 1.165) is 16.7 Å². The van der Waals surface area contributed by atoms with Gasteiger partial charge in [-0.2, -0.15) is 13.2 Å². The topological polar surface area (TPSA) is 18.5 Å². The second kappa shape index (κ2) is 5.59. The maximum Gasteiger partial charge on any atom is 0.411 e. The predicted octanol–water partition coefficient (Wildman–Crippen LogP) is 3.73. The summed E-state index contributed by atoms with van der Waals surface area (Å²) in [6.07, 6.45) is -4.28. The monoisotopic (exact) mass is 324 g/mol. The molecule has 0 radical (unpaired) electrons. The van der Waals surface area contributed by atoms with E-state index in [1.54, 1.807) is 0 Å². The normalized spacial score (nSPS) is 16.7. The van der Waals surface area contributed by atoms with E-state index in [1.165, 1.54) is 0 Å². The molecule has 0 saturated heterocycles. The smallest absolute Gasteiger partial charge is 0.372 e. The van der Waals surface area contributed by atoms with Crippen LogP contribution in [-0.2, 0) is 22.7 Å². The standard InChI is InChI=1S/C12H12BrF3O2/c13-11(6-18-7-12(14,15)16)8-1-2-9-4-17-5-10(9)3-8/h1-3,11H,4-7H2. The van der Waals surface area contributed by atoms with Crippen LogP contribution in [0.4, 0.5) is 13.2 Å². The summed E-state index contributed by atoms with van der Waals surface area (Å²) in [7, 11) is 0. The highest BCUT2D eigenvalue weighted by molar-refractivity contribution is 9.09. The van der Waals surface area contributed by atoms with Gasteiger partial charge in [-0.1, -0.05) is 34.1 Å². The van der Waals surface area contributed by atoms with Crippen LogP contribution in [0.1, 0.15) is 21.5 Å². The molecule has 0 fully saturated rings. The van der Waals surface area contributed by atoms with Gasteiger partial charge in [0.25, 0.3) is 0 Å². The van der Waals surface area contributed by atoms with Crippen LogP contribution >= 0.6 is 15.9 Å². The van der Waals surface area contributed by atoms with Crippen molar-refractivity contribution in [2.24, 2.45) is 0 Å². The molecule has 2 nitrogen and oxygen atoms in total. The Bertz CT molecular complexity index is 420. The Morgan fingerprint density at radius 1 is 1.28 bits per heavy atom. The summed E-state index contributed by atoms with van der Waals surface area (Å²) in [6, 6.07) is 5.76. The fourth-order valence-electron chi connectivity index (χ4n) is 1.76. The number of fused-ring (bicyclic) bond motifs is 1. The van der Waals surface area contributed by atoms with Crippen molar-refractivity contribution < 1.29 is 22.6 Å². The SMILES string of the molecule is FC(F)(F)COCC(Br)c1ccc2c(c1)COC2. The molecule has 1 atom stereocenters. The quantitative estimate of drug-likeness (QED) is 0.786. The zero-order chi connectivity index (χ0) is 13.2. The first-order valence-corrected chi connectivity index (χ1v) is 6.35. The van der Waals surface area contributed by atoms with E-state index in [2.05, 4.69) is 20.7 Å². The molecule has 0 aliphatic carbocycles. The summed E-state index contributed by atoms with van der Waals surface area (Å²) in [6.45, 7) is -0.0677. The summed E-state index contributed by atoms with van der Waals surface area (Å²) in [5.41, 5.74) is 3.13. The van der Waals surface area contributed by atoms with Crippen LogP contribution in [0.2, 0.25) is 0 Å². The highest BCUT2D eigenvalue weighted by atomic mass is 79.9. The lowest BCUT2D eigenvalue weighted by atomic mass is 10.0. The summed E-state index contributed by atoms with van der Waals surface area (Å²) in [5, 5.41) is 0. The molecule has 100 valence electrons. The van der Waals surface area contributed by atoms with Crippen LogP contribution < -0.4 is 0 Å². The molecular weight excluding hydrogens is 313 g/mol. The van der Waals surface area contributed by atoms with Crippen molar-refractivity contribution in [1.29, 1.82) is 0 Å². The third-order valence-electron chi connectivity index (χ3n) is 2.64. The van der Waals surface area contributed by atoms with Crippen molar-refractivity contribution >= 4 is 15.9 Å². The average Bonchev–Trinajstić information content (AvgIpc) is 2.73. The van der Waals surface area contributed by atoms with Crippen LogP contribution in [0, 0.1) is 0 Å². The van der Waals surface area contributed by atoms with Crippen molar-refractivity contribution in [3.63, 3.8) is 0 Å². The summed E-state index contributed by atoms with van der Waals surface area (Å²) < 4.78 is 45.7. The van der Waals surface area contributed by atoms with Gasteiger partial charge in [0.05, 0.1) is 24.6 Å². The number of benzene rings is 1. The van der Waals surface area contributed by atoms with Gasteiger partial charge in [0, 0.05) is 0 Å².